The van der Waals surface area contributed by atoms with Gasteiger partial charge in [-0.05, 0) is 31.0 Å². The van der Waals surface area contributed by atoms with Crippen LogP contribution in [0.4, 0.5) is 0 Å². The summed E-state index contributed by atoms with van der Waals surface area (Å²) in [5.74, 6) is 0. The molecule has 0 bridgehead atoms. The Kier molecular flexibility index (Phi) is 9.82. The molecule has 0 fully saturated rings. The molecular weight excluding hydrogens is 371 g/mol. The van der Waals surface area contributed by atoms with Crippen LogP contribution in [0.15, 0.2) is 41.8 Å². The van der Waals surface area contributed by atoms with Crippen LogP contribution in [0.5, 0.6) is 0 Å². The van der Waals surface area contributed by atoms with E-state index in [2.05, 4.69) is 16.5 Å². The quantitative estimate of drug-likeness (QED) is 0.272. The lowest BCUT2D eigenvalue weighted by molar-refractivity contribution is 0.547. The van der Waals surface area contributed by atoms with Gasteiger partial charge in [0.05, 0.1) is 11.3 Å². The molecule has 25 heavy (non-hydrogen) atoms. The van der Waals surface area contributed by atoms with Crippen LogP contribution >= 0.6 is 35.0 Å². The first kappa shape index (κ1) is 20.7. The summed E-state index contributed by atoms with van der Waals surface area (Å²) < 4.78 is 2.15. The maximum Gasteiger partial charge on any atom is 0.0945 e. The van der Waals surface area contributed by atoms with Crippen LogP contribution in [0.25, 0.3) is 0 Å². The predicted molar refractivity (Wildman–Crippen MR) is 111 cm³/mol. The number of imidazole rings is 1. The Hall–Kier alpha value is -0.640. The molecule has 0 radical (unpaired) electrons. The fourth-order valence-electron chi connectivity index (χ4n) is 2.88. The zero-order valence-corrected chi connectivity index (χ0v) is 17.3. The fraction of sp³-hybridized carbons (Fsp3) is 0.550. The van der Waals surface area contributed by atoms with Crippen LogP contribution < -0.4 is 0 Å². The molecule has 0 aliphatic carbocycles. The molecule has 0 saturated heterocycles. The minimum atomic E-state index is 0.562. The van der Waals surface area contributed by atoms with Gasteiger partial charge in [0.2, 0.25) is 0 Å². The number of halogens is 2. The van der Waals surface area contributed by atoms with Crippen molar-refractivity contribution in [2.75, 3.05) is 0 Å². The number of hydrogen-bond acceptors (Lipinski definition) is 2. The monoisotopic (exact) mass is 398 g/mol. The first-order valence-electron chi connectivity index (χ1n) is 9.26. The number of aromatic nitrogens is 2. The third-order valence-electron chi connectivity index (χ3n) is 4.34. The van der Waals surface area contributed by atoms with E-state index in [0.29, 0.717) is 10.3 Å². The van der Waals surface area contributed by atoms with E-state index >= 15 is 0 Å². The summed E-state index contributed by atoms with van der Waals surface area (Å²) in [6.07, 6.45) is 16.1. The highest BCUT2D eigenvalue weighted by atomic mass is 35.5. The van der Waals surface area contributed by atoms with Gasteiger partial charge in [-0.3, -0.25) is 0 Å². The summed E-state index contributed by atoms with van der Waals surface area (Å²) in [7, 11) is 0. The number of nitrogens with zero attached hydrogens (tertiary/aromatic N) is 2. The van der Waals surface area contributed by atoms with Gasteiger partial charge in [0, 0.05) is 34.1 Å². The van der Waals surface area contributed by atoms with Crippen molar-refractivity contribution in [1.29, 1.82) is 0 Å². The van der Waals surface area contributed by atoms with Crippen LogP contribution in [-0.2, 0) is 6.54 Å². The minimum Gasteiger partial charge on any atom is -0.337 e. The highest BCUT2D eigenvalue weighted by Gasteiger charge is 2.13. The molecule has 0 spiro atoms. The molecule has 5 heteroatoms. The molecule has 0 aliphatic heterocycles. The molecule has 1 heterocycles. The maximum atomic E-state index is 6.37. The number of aryl methyl sites for hydroxylation is 1. The molecule has 2 aromatic rings. The zero-order chi connectivity index (χ0) is 17.9. The van der Waals surface area contributed by atoms with Crippen molar-refractivity contribution >= 4 is 35.0 Å². The van der Waals surface area contributed by atoms with E-state index < -0.39 is 0 Å². The lowest BCUT2D eigenvalue weighted by Gasteiger charge is -2.18. The smallest absolute Gasteiger partial charge is 0.0945 e. The first-order chi connectivity index (χ1) is 12.2. The van der Waals surface area contributed by atoms with E-state index in [-0.39, 0.29) is 0 Å². The topological polar surface area (TPSA) is 17.8 Å². The predicted octanol–water partition coefficient (Wildman–Crippen LogP) is 7.49. The van der Waals surface area contributed by atoms with Gasteiger partial charge >= 0.3 is 0 Å². The van der Waals surface area contributed by atoms with Crippen molar-refractivity contribution in [1.82, 2.24) is 9.55 Å². The summed E-state index contributed by atoms with van der Waals surface area (Å²) in [4.78, 5) is 5.26. The van der Waals surface area contributed by atoms with E-state index in [1.165, 1.54) is 44.9 Å². The SMILES string of the molecule is CCCCCCCCC(CCn1ccnc1)Sc1ccc(Cl)cc1Cl. The van der Waals surface area contributed by atoms with Gasteiger partial charge in [-0.25, -0.2) is 4.98 Å². The zero-order valence-electron chi connectivity index (χ0n) is 15.0. The maximum absolute atomic E-state index is 6.37. The molecule has 0 aliphatic rings. The van der Waals surface area contributed by atoms with Crippen LogP contribution in [0, 0.1) is 0 Å². The van der Waals surface area contributed by atoms with Crippen molar-refractivity contribution in [2.45, 2.75) is 75.0 Å². The van der Waals surface area contributed by atoms with Crippen molar-refractivity contribution in [3.8, 4) is 0 Å². The van der Waals surface area contributed by atoms with Gasteiger partial charge in [0.1, 0.15) is 0 Å². The lowest BCUT2D eigenvalue weighted by atomic mass is 10.1. The second-order valence-corrected chi connectivity index (χ2v) is 8.65. The highest BCUT2D eigenvalue weighted by Crippen LogP contribution is 2.35. The van der Waals surface area contributed by atoms with E-state index in [1.807, 2.05) is 48.7 Å². The largest absolute Gasteiger partial charge is 0.337 e. The summed E-state index contributed by atoms with van der Waals surface area (Å²) >= 11 is 14.3. The minimum absolute atomic E-state index is 0.562. The number of hydrogen-bond donors (Lipinski definition) is 0. The summed E-state index contributed by atoms with van der Waals surface area (Å²) in [5, 5.41) is 2.01. The second kappa shape index (κ2) is 11.9. The standard InChI is InChI=1S/C20H28Cl2N2S/c1-2-3-4-5-6-7-8-18(11-13-24-14-12-23-16-24)25-20-10-9-17(21)15-19(20)22/h9-10,12,14-16,18H,2-8,11,13H2,1H3. The Bertz CT molecular complexity index is 602. The van der Waals surface area contributed by atoms with Crippen molar-refractivity contribution in [3.05, 3.63) is 47.0 Å². The van der Waals surface area contributed by atoms with Crippen LogP contribution in [0.1, 0.15) is 58.3 Å². The summed E-state index contributed by atoms with van der Waals surface area (Å²) in [5.41, 5.74) is 0. The van der Waals surface area contributed by atoms with E-state index in [1.54, 1.807) is 0 Å². The Morgan fingerprint density at radius 1 is 1.08 bits per heavy atom. The normalized spacial score (nSPS) is 12.4. The average Bonchev–Trinajstić information content (AvgIpc) is 3.11. The molecule has 1 aromatic carbocycles. The van der Waals surface area contributed by atoms with Gasteiger partial charge in [-0.15, -0.1) is 11.8 Å². The van der Waals surface area contributed by atoms with E-state index in [9.17, 15) is 0 Å². The van der Waals surface area contributed by atoms with Gasteiger partial charge in [0.15, 0.2) is 0 Å². The molecular formula is C20H28Cl2N2S. The van der Waals surface area contributed by atoms with Crippen molar-refractivity contribution in [2.24, 2.45) is 0 Å². The van der Waals surface area contributed by atoms with E-state index in [0.717, 1.165) is 22.9 Å². The average molecular weight is 399 g/mol. The third-order valence-corrected chi connectivity index (χ3v) is 6.41. The molecule has 0 N–H and O–H groups in total. The second-order valence-electron chi connectivity index (χ2n) is 6.46. The Morgan fingerprint density at radius 3 is 2.60 bits per heavy atom. The van der Waals surface area contributed by atoms with Crippen LogP contribution in [-0.4, -0.2) is 14.8 Å². The van der Waals surface area contributed by atoms with E-state index in [4.69, 9.17) is 23.2 Å². The Balaban J connectivity index is 1.86. The van der Waals surface area contributed by atoms with Crippen molar-refractivity contribution < 1.29 is 0 Å². The van der Waals surface area contributed by atoms with Gasteiger partial charge in [-0.2, -0.15) is 0 Å². The van der Waals surface area contributed by atoms with Crippen LogP contribution in [0.3, 0.4) is 0 Å². The van der Waals surface area contributed by atoms with Crippen LogP contribution in [0.2, 0.25) is 10.0 Å². The number of thioether (sulfide) groups is 1. The molecule has 2 rings (SSSR count). The molecule has 0 saturated carbocycles. The molecule has 138 valence electrons. The summed E-state index contributed by atoms with van der Waals surface area (Å²) in [6.45, 7) is 3.26. The van der Waals surface area contributed by atoms with Gasteiger partial charge < -0.3 is 4.57 Å². The number of benzene rings is 1. The highest BCUT2D eigenvalue weighted by molar-refractivity contribution is 8.00. The molecule has 1 unspecified atom stereocenters. The molecule has 1 aromatic heterocycles. The number of rotatable bonds is 12. The first-order valence-corrected chi connectivity index (χ1v) is 10.9. The lowest BCUT2D eigenvalue weighted by Crippen LogP contribution is -2.08. The Morgan fingerprint density at radius 2 is 1.88 bits per heavy atom. The Labute approximate surface area is 166 Å². The molecule has 0 amide bonds. The number of unbranched alkanes of at least 4 members (excludes halogenated alkanes) is 5. The molecule has 1 atom stereocenters. The summed E-state index contributed by atoms with van der Waals surface area (Å²) in [6, 6.07) is 5.80. The van der Waals surface area contributed by atoms with Gasteiger partial charge in [0.25, 0.3) is 0 Å². The third kappa shape index (κ3) is 8.06. The fourth-order valence-corrected chi connectivity index (χ4v) is 4.60. The van der Waals surface area contributed by atoms with Crippen molar-refractivity contribution in [3.63, 3.8) is 0 Å². The van der Waals surface area contributed by atoms with Gasteiger partial charge in [-0.1, -0.05) is 68.7 Å². The molecule has 2 nitrogen and oxygen atoms in total.